The summed E-state index contributed by atoms with van der Waals surface area (Å²) in [6.07, 6.45) is 0. The van der Waals surface area contributed by atoms with Crippen molar-refractivity contribution in [3.8, 4) is 55.6 Å². The smallest absolute Gasteiger partial charge is 0.143 e. The highest BCUT2D eigenvalue weighted by atomic mass is 16.3. The summed E-state index contributed by atoms with van der Waals surface area (Å²) in [7, 11) is 0. The third-order valence-electron chi connectivity index (χ3n) is 15.2. The van der Waals surface area contributed by atoms with Crippen molar-refractivity contribution in [1.29, 1.82) is 0 Å². The van der Waals surface area contributed by atoms with Gasteiger partial charge < -0.3 is 9.32 Å². The number of benzene rings is 12. The summed E-state index contributed by atoms with van der Waals surface area (Å²) in [5, 5.41) is 4.77. The zero-order valence-electron chi connectivity index (χ0n) is 40.0. The molecule has 14 rings (SSSR count). The van der Waals surface area contributed by atoms with E-state index in [0.29, 0.717) is 0 Å². The average molecular weight is 930 g/mol. The Hall–Kier alpha value is -9.50. The van der Waals surface area contributed by atoms with E-state index in [4.69, 9.17) is 4.42 Å². The quantitative estimate of drug-likeness (QED) is 0.143. The summed E-state index contributed by atoms with van der Waals surface area (Å²) in [4.78, 5) is 2.36. The molecular formula is C71H47NO. The van der Waals surface area contributed by atoms with Gasteiger partial charge in [-0.25, -0.2) is 0 Å². The zero-order valence-corrected chi connectivity index (χ0v) is 40.0. The molecule has 342 valence electrons. The standard InChI is InChI=1S/C71H47NO/c1-3-18-54(19-4-1)71(55-20-5-2-6-21-55)66-29-11-9-24-65(66)69-61(26-15-30-67(69)71)52-38-44-57(45-39-52)72(58-46-40-53(41-47-58)62-27-14-28-64-63-23-10-12-31-68(63)73-70(62)64)56-42-36-49(37-43-56)48-32-34-51(35-33-48)60-25-13-17-50-16-7-8-22-59(50)60/h1-47H. The first-order chi connectivity index (χ1) is 36.2. The van der Waals surface area contributed by atoms with Crippen LogP contribution in [0.3, 0.4) is 0 Å². The number of nitrogens with zero attached hydrogens (tertiary/aromatic N) is 1. The first kappa shape index (κ1) is 42.4. The van der Waals surface area contributed by atoms with Crippen molar-refractivity contribution in [2.24, 2.45) is 0 Å². The molecule has 0 saturated heterocycles. The van der Waals surface area contributed by atoms with Crippen LogP contribution in [0.5, 0.6) is 0 Å². The van der Waals surface area contributed by atoms with E-state index in [1.165, 1.54) is 72.0 Å². The van der Waals surface area contributed by atoms with Gasteiger partial charge in [-0.2, -0.15) is 0 Å². The van der Waals surface area contributed by atoms with Gasteiger partial charge in [0.2, 0.25) is 0 Å². The van der Waals surface area contributed by atoms with Crippen LogP contribution in [0.1, 0.15) is 22.3 Å². The number of furan rings is 1. The van der Waals surface area contributed by atoms with Crippen LogP contribution in [-0.2, 0) is 5.41 Å². The highest BCUT2D eigenvalue weighted by Gasteiger charge is 2.46. The van der Waals surface area contributed by atoms with Gasteiger partial charge in [0.1, 0.15) is 11.2 Å². The molecule has 0 atom stereocenters. The van der Waals surface area contributed by atoms with E-state index in [9.17, 15) is 0 Å². The number of anilines is 3. The maximum atomic E-state index is 6.49. The van der Waals surface area contributed by atoms with E-state index < -0.39 is 5.41 Å². The lowest BCUT2D eigenvalue weighted by molar-refractivity contribution is 0.670. The van der Waals surface area contributed by atoms with Crippen LogP contribution in [0, 0.1) is 0 Å². The second-order valence-corrected chi connectivity index (χ2v) is 19.1. The Balaban J connectivity index is 0.859. The van der Waals surface area contributed by atoms with Crippen molar-refractivity contribution in [3.05, 3.63) is 307 Å². The molecule has 1 aliphatic carbocycles. The summed E-state index contributed by atoms with van der Waals surface area (Å²) in [6.45, 7) is 0. The van der Waals surface area contributed by atoms with Gasteiger partial charge >= 0.3 is 0 Å². The number of hydrogen-bond acceptors (Lipinski definition) is 2. The molecule has 0 bridgehead atoms. The third-order valence-corrected chi connectivity index (χ3v) is 15.2. The first-order valence-electron chi connectivity index (χ1n) is 25.2. The topological polar surface area (TPSA) is 16.4 Å². The van der Waals surface area contributed by atoms with Gasteiger partial charge in [-0.05, 0) is 126 Å². The molecule has 2 nitrogen and oxygen atoms in total. The Morgan fingerprint density at radius 2 is 0.699 bits per heavy atom. The predicted octanol–water partition coefficient (Wildman–Crippen LogP) is 19.2. The monoisotopic (exact) mass is 929 g/mol. The van der Waals surface area contributed by atoms with Crippen LogP contribution in [0.2, 0.25) is 0 Å². The Morgan fingerprint density at radius 1 is 0.274 bits per heavy atom. The molecule has 2 heteroatoms. The lowest BCUT2D eigenvalue weighted by Gasteiger charge is -2.34. The van der Waals surface area contributed by atoms with Crippen molar-refractivity contribution >= 4 is 49.8 Å². The number of rotatable bonds is 9. The fourth-order valence-corrected chi connectivity index (χ4v) is 11.9. The molecule has 12 aromatic carbocycles. The number of fused-ring (bicyclic) bond motifs is 7. The van der Waals surface area contributed by atoms with Crippen LogP contribution in [0.25, 0.3) is 88.3 Å². The van der Waals surface area contributed by atoms with Crippen molar-refractivity contribution in [2.45, 2.75) is 5.41 Å². The maximum Gasteiger partial charge on any atom is 0.143 e. The SMILES string of the molecule is c1ccc(C2(c3ccccc3)c3ccccc3-c3c(-c4ccc(N(c5ccc(-c6ccc(-c7cccc8ccccc78)cc6)cc5)c5ccc(-c6cccc7c6oc6ccccc67)cc5)cc4)cccc32)cc1. The van der Waals surface area contributed by atoms with E-state index in [-0.39, 0.29) is 0 Å². The van der Waals surface area contributed by atoms with Gasteiger partial charge in [0.15, 0.2) is 0 Å². The van der Waals surface area contributed by atoms with Crippen LogP contribution < -0.4 is 4.90 Å². The highest BCUT2D eigenvalue weighted by Crippen LogP contribution is 2.58. The van der Waals surface area contributed by atoms with Gasteiger partial charge in [-0.1, -0.05) is 243 Å². The lowest BCUT2D eigenvalue weighted by atomic mass is 9.67. The second kappa shape index (κ2) is 17.4. The zero-order chi connectivity index (χ0) is 48.3. The molecule has 0 aliphatic heterocycles. The molecular weight excluding hydrogens is 883 g/mol. The minimum absolute atomic E-state index is 0.464. The minimum atomic E-state index is -0.464. The molecule has 1 aliphatic rings. The van der Waals surface area contributed by atoms with Crippen LogP contribution in [0.4, 0.5) is 17.1 Å². The third kappa shape index (κ3) is 6.94. The van der Waals surface area contributed by atoms with E-state index in [1.54, 1.807) is 0 Å². The van der Waals surface area contributed by atoms with Crippen molar-refractivity contribution < 1.29 is 4.42 Å². The Kier molecular flexibility index (Phi) is 10.1. The van der Waals surface area contributed by atoms with Gasteiger partial charge in [0, 0.05) is 33.4 Å². The summed E-state index contributed by atoms with van der Waals surface area (Å²) in [5.41, 5.74) is 21.6. The second-order valence-electron chi connectivity index (χ2n) is 19.1. The van der Waals surface area contributed by atoms with E-state index in [2.05, 4.69) is 278 Å². The average Bonchev–Trinajstić information content (AvgIpc) is 4.05. The molecule has 0 amide bonds. The Morgan fingerprint density at radius 3 is 1.38 bits per heavy atom. The molecule has 73 heavy (non-hydrogen) atoms. The number of para-hydroxylation sites is 2. The summed E-state index contributed by atoms with van der Waals surface area (Å²) in [5.74, 6) is 0. The van der Waals surface area contributed by atoms with Crippen LogP contribution >= 0.6 is 0 Å². The normalized spacial score (nSPS) is 12.5. The summed E-state index contributed by atoms with van der Waals surface area (Å²) < 4.78 is 6.49. The Bertz CT molecular complexity index is 4110. The lowest BCUT2D eigenvalue weighted by Crippen LogP contribution is -2.28. The first-order valence-corrected chi connectivity index (χ1v) is 25.2. The molecule has 0 radical (unpaired) electrons. The fraction of sp³-hybridized carbons (Fsp3) is 0.0141. The van der Waals surface area contributed by atoms with Gasteiger partial charge in [0.05, 0.1) is 5.41 Å². The molecule has 0 spiro atoms. The molecule has 13 aromatic rings. The van der Waals surface area contributed by atoms with E-state index in [0.717, 1.165) is 55.7 Å². The molecule has 1 heterocycles. The minimum Gasteiger partial charge on any atom is -0.455 e. The molecule has 1 aromatic heterocycles. The van der Waals surface area contributed by atoms with E-state index >= 15 is 0 Å². The van der Waals surface area contributed by atoms with Gasteiger partial charge in [-0.3, -0.25) is 0 Å². The Labute approximate surface area is 425 Å². The van der Waals surface area contributed by atoms with Crippen molar-refractivity contribution in [2.75, 3.05) is 4.90 Å². The molecule has 0 N–H and O–H groups in total. The summed E-state index contributed by atoms with van der Waals surface area (Å²) in [6, 6.07) is 104. The van der Waals surface area contributed by atoms with Crippen LogP contribution in [-0.4, -0.2) is 0 Å². The van der Waals surface area contributed by atoms with Gasteiger partial charge in [0.25, 0.3) is 0 Å². The summed E-state index contributed by atoms with van der Waals surface area (Å²) >= 11 is 0. The van der Waals surface area contributed by atoms with Crippen LogP contribution in [0.15, 0.2) is 290 Å². The molecule has 0 fully saturated rings. The molecule has 0 unspecified atom stereocenters. The van der Waals surface area contributed by atoms with E-state index in [1.807, 2.05) is 12.1 Å². The molecule has 0 saturated carbocycles. The largest absolute Gasteiger partial charge is 0.455 e. The maximum absolute atomic E-state index is 6.49. The van der Waals surface area contributed by atoms with Crippen molar-refractivity contribution in [3.63, 3.8) is 0 Å². The predicted molar refractivity (Wildman–Crippen MR) is 305 cm³/mol. The highest BCUT2D eigenvalue weighted by molar-refractivity contribution is 6.09. The van der Waals surface area contributed by atoms with Crippen molar-refractivity contribution in [1.82, 2.24) is 0 Å². The fourth-order valence-electron chi connectivity index (χ4n) is 11.9. The van der Waals surface area contributed by atoms with Gasteiger partial charge in [-0.15, -0.1) is 0 Å². The number of hydrogen-bond donors (Lipinski definition) is 0.